The Morgan fingerprint density at radius 3 is 2.35 bits per heavy atom. The van der Waals surface area contributed by atoms with Gasteiger partial charge < -0.3 is 14.3 Å². The van der Waals surface area contributed by atoms with Gasteiger partial charge in [0.25, 0.3) is 0 Å². The number of carbonyl (C=O) groups is 2. The molecule has 0 saturated heterocycles. The SMILES string of the molecule is COC(=O)[C@H]1C[C@@H](C(=O)OC)[C@H]2ON=C(c3ccc(F)cc3)[C@H]21. The first-order chi connectivity index (χ1) is 11.1. The second-order valence-electron chi connectivity index (χ2n) is 5.57. The molecule has 122 valence electrons. The minimum atomic E-state index is -0.587. The van der Waals surface area contributed by atoms with E-state index in [0.29, 0.717) is 11.3 Å². The molecule has 0 spiro atoms. The van der Waals surface area contributed by atoms with Crippen LogP contribution in [0.2, 0.25) is 0 Å². The van der Waals surface area contributed by atoms with E-state index in [9.17, 15) is 14.0 Å². The smallest absolute Gasteiger partial charge is 0.312 e. The summed E-state index contributed by atoms with van der Waals surface area (Å²) in [5, 5.41) is 4.03. The molecule has 1 saturated carbocycles. The third-order valence-corrected chi connectivity index (χ3v) is 4.43. The number of methoxy groups -OCH3 is 2. The number of fused-ring (bicyclic) bond motifs is 1. The number of ether oxygens (including phenoxy) is 2. The Labute approximate surface area is 132 Å². The molecule has 23 heavy (non-hydrogen) atoms. The summed E-state index contributed by atoms with van der Waals surface area (Å²) in [5.41, 5.74) is 1.18. The molecular weight excluding hydrogens is 305 g/mol. The van der Waals surface area contributed by atoms with E-state index in [2.05, 4.69) is 5.16 Å². The molecule has 7 heteroatoms. The third kappa shape index (κ3) is 2.56. The van der Waals surface area contributed by atoms with Gasteiger partial charge >= 0.3 is 11.9 Å². The lowest BCUT2D eigenvalue weighted by Gasteiger charge is -2.16. The second kappa shape index (κ2) is 5.98. The Kier molecular flexibility index (Phi) is 4.02. The van der Waals surface area contributed by atoms with Crippen LogP contribution in [-0.4, -0.2) is 38.0 Å². The molecule has 2 aliphatic rings. The monoisotopic (exact) mass is 321 g/mol. The summed E-state index contributed by atoms with van der Waals surface area (Å²) in [4.78, 5) is 29.5. The highest BCUT2D eigenvalue weighted by Crippen LogP contribution is 2.45. The van der Waals surface area contributed by atoms with Gasteiger partial charge in [0.1, 0.15) is 11.9 Å². The Morgan fingerprint density at radius 1 is 1.13 bits per heavy atom. The van der Waals surface area contributed by atoms with Gasteiger partial charge in [0.05, 0.1) is 37.7 Å². The molecule has 0 bridgehead atoms. The predicted octanol–water partition coefficient (Wildman–Crippen LogP) is 1.53. The van der Waals surface area contributed by atoms with Gasteiger partial charge in [-0.3, -0.25) is 9.59 Å². The van der Waals surface area contributed by atoms with Crippen molar-refractivity contribution in [2.75, 3.05) is 14.2 Å². The van der Waals surface area contributed by atoms with E-state index in [1.54, 1.807) is 12.1 Å². The maximum absolute atomic E-state index is 13.1. The molecule has 1 aliphatic heterocycles. The highest BCUT2D eigenvalue weighted by Gasteiger charge is 2.57. The third-order valence-electron chi connectivity index (χ3n) is 4.43. The zero-order valence-electron chi connectivity index (χ0n) is 12.7. The number of hydrogen-bond acceptors (Lipinski definition) is 6. The van der Waals surface area contributed by atoms with Gasteiger partial charge in [0, 0.05) is 0 Å². The topological polar surface area (TPSA) is 74.2 Å². The zero-order chi connectivity index (χ0) is 16.6. The van der Waals surface area contributed by atoms with Crippen molar-refractivity contribution >= 4 is 17.7 Å². The first-order valence-corrected chi connectivity index (χ1v) is 7.22. The van der Waals surface area contributed by atoms with Crippen LogP contribution in [-0.2, 0) is 23.9 Å². The van der Waals surface area contributed by atoms with E-state index in [1.807, 2.05) is 0 Å². The summed E-state index contributed by atoms with van der Waals surface area (Å²) in [7, 11) is 2.59. The molecule has 1 heterocycles. The number of halogens is 1. The fourth-order valence-corrected chi connectivity index (χ4v) is 3.34. The van der Waals surface area contributed by atoms with Crippen molar-refractivity contribution in [1.29, 1.82) is 0 Å². The first-order valence-electron chi connectivity index (χ1n) is 7.22. The molecule has 0 unspecified atom stereocenters. The number of nitrogens with zero attached hydrogens (tertiary/aromatic N) is 1. The van der Waals surface area contributed by atoms with Crippen molar-refractivity contribution in [3.8, 4) is 0 Å². The minimum absolute atomic E-state index is 0.273. The van der Waals surface area contributed by atoms with Gasteiger partial charge in [-0.2, -0.15) is 0 Å². The minimum Gasteiger partial charge on any atom is -0.469 e. The van der Waals surface area contributed by atoms with Crippen molar-refractivity contribution in [3.63, 3.8) is 0 Å². The van der Waals surface area contributed by atoms with Crippen molar-refractivity contribution in [1.82, 2.24) is 0 Å². The van der Waals surface area contributed by atoms with E-state index in [0.717, 1.165) is 0 Å². The zero-order valence-corrected chi connectivity index (χ0v) is 12.7. The van der Waals surface area contributed by atoms with E-state index >= 15 is 0 Å². The maximum atomic E-state index is 13.1. The number of hydrogen-bond donors (Lipinski definition) is 0. The number of esters is 2. The Balaban J connectivity index is 1.94. The standard InChI is InChI=1S/C16H16FNO5/c1-21-15(19)10-7-11(16(20)22-2)14-12(10)13(18-23-14)8-3-5-9(17)6-4-8/h3-6,10-12,14H,7H2,1-2H3/t10-,11+,12+,14+/m0/s1. The summed E-state index contributed by atoms with van der Waals surface area (Å²) in [5.74, 6) is -2.80. The number of carbonyl (C=O) groups excluding carboxylic acids is 2. The van der Waals surface area contributed by atoms with Crippen molar-refractivity contribution < 1.29 is 28.3 Å². The molecule has 0 N–H and O–H groups in total. The Morgan fingerprint density at radius 2 is 1.74 bits per heavy atom. The molecular formula is C16H16FNO5. The van der Waals surface area contributed by atoms with Gasteiger partial charge in [-0.15, -0.1) is 0 Å². The molecule has 6 nitrogen and oxygen atoms in total. The van der Waals surface area contributed by atoms with Crippen molar-refractivity contribution in [3.05, 3.63) is 35.6 Å². The molecule has 0 amide bonds. The maximum Gasteiger partial charge on any atom is 0.312 e. The summed E-state index contributed by atoms with van der Waals surface area (Å²) in [6, 6.07) is 5.76. The summed E-state index contributed by atoms with van der Waals surface area (Å²) in [6.07, 6.45) is -0.305. The van der Waals surface area contributed by atoms with Crippen LogP contribution < -0.4 is 0 Å². The molecule has 1 aromatic rings. The van der Waals surface area contributed by atoms with Crippen LogP contribution in [0, 0.1) is 23.6 Å². The number of benzene rings is 1. The lowest BCUT2D eigenvalue weighted by molar-refractivity contribution is -0.149. The van der Waals surface area contributed by atoms with Crippen LogP contribution in [0.3, 0.4) is 0 Å². The molecule has 1 aliphatic carbocycles. The van der Waals surface area contributed by atoms with Crippen LogP contribution in [0.4, 0.5) is 4.39 Å². The predicted molar refractivity (Wildman–Crippen MR) is 76.9 cm³/mol. The van der Waals surface area contributed by atoms with E-state index in [4.69, 9.17) is 14.3 Å². The average Bonchev–Trinajstić information content (AvgIpc) is 3.14. The van der Waals surface area contributed by atoms with Gasteiger partial charge in [0.15, 0.2) is 0 Å². The van der Waals surface area contributed by atoms with Crippen LogP contribution in [0.25, 0.3) is 0 Å². The van der Waals surface area contributed by atoms with Gasteiger partial charge in [-0.25, -0.2) is 4.39 Å². The second-order valence-corrected chi connectivity index (χ2v) is 5.57. The average molecular weight is 321 g/mol. The first kappa shape index (κ1) is 15.5. The highest BCUT2D eigenvalue weighted by atomic mass is 19.1. The van der Waals surface area contributed by atoms with Gasteiger partial charge in [-0.05, 0) is 24.1 Å². The normalized spacial score (nSPS) is 28.6. The van der Waals surface area contributed by atoms with Crippen LogP contribution in [0.5, 0.6) is 0 Å². The van der Waals surface area contributed by atoms with Crippen molar-refractivity contribution in [2.24, 2.45) is 22.9 Å². The summed E-state index contributed by atoms with van der Waals surface area (Å²) < 4.78 is 22.7. The quantitative estimate of drug-likeness (QED) is 0.789. The van der Waals surface area contributed by atoms with E-state index < -0.39 is 35.8 Å². The number of rotatable bonds is 3. The van der Waals surface area contributed by atoms with Crippen molar-refractivity contribution in [2.45, 2.75) is 12.5 Å². The molecule has 3 rings (SSSR count). The fraction of sp³-hybridized carbons (Fsp3) is 0.438. The fourth-order valence-electron chi connectivity index (χ4n) is 3.34. The van der Waals surface area contributed by atoms with E-state index in [-0.39, 0.29) is 12.2 Å². The van der Waals surface area contributed by atoms with Gasteiger partial charge in [0.2, 0.25) is 0 Å². The molecule has 4 atom stereocenters. The lowest BCUT2D eigenvalue weighted by atomic mass is 9.87. The molecule has 1 fully saturated rings. The molecule has 0 radical (unpaired) electrons. The summed E-state index contributed by atoms with van der Waals surface area (Å²) >= 11 is 0. The van der Waals surface area contributed by atoms with Crippen LogP contribution >= 0.6 is 0 Å². The largest absolute Gasteiger partial charge is 0.469 e. The summed E-state index contributed by atoms with van der Waals surface area (Å²) in [6.45, 7) is 0. The Hall–Kier alpha value is -2.44. The Bertz CT molecular complexity index is 657. The van der Waals surface area contributed by atoms with Gasteiger partial charge in [-0.1, -0.05) is 17.3 Å². The van der Waals surface area contributed by atoms with Crippen LogP contribution in [0.1, 0.15) is 12.0 Å². The number of oxime groups is 1. The highest BCUT2D eigenvalue weighted by molar-refractivity contribution is 6.05. The van der Waals surface area contributed by atoms with E-state index in [1.165, 1.54) is 26.4 Å². The molecule has 0 aromatic heterocycles. The van der Waals surface area contributed by atoms with Crippen LogP contribution in [0.15, 0.2) is 29.4 Å². The lowest BCUT2D eigenvalue weighted by Crippen LogP contribution is -2.32. The molecule has 1 aromatic carbocycles.